The van der Waals surface area contributed by atoms with E-state index in [0.29, 0.717) is 13.2 Å². The van der Waals surface area contributed by atoms with E-state index in [9.17, 15) is 9.59 Å². The Labute approximate surface area is 116 Å². The number of hydrogen-bond donors (Lipinski definition) is 1. The highest BCUT2D eigenvalue weighted by molar-refractivity contribution is 5.82. The predicted molar refractivity (Wildman–Crippen MR) is 75.9 cm³/mol. The van der Waals surface area contributed by atoms with Crippen LogP contribution in [0.4, 0.5) is 0 Å². The van der Waals surface area contributed by atoms with Crippen LogP contribution in [0.15, 0.2) is 0 Å². The minimum Gasteiger partial charge on any atom is -0.465 e. The van der Waals surface area contributed by atoms with E-state index in [4.69, 9.17) is 4.74 Å². The second-order valence-corrected chi connectivity index (χ2v) is 4.89. The highest BCUT2D eigenvalue weighted by Crippen LogP contribution is 2.06. The Bertz CT molecular complexity index is 280. The SMILES string of the molecule is CCCCNC(=O)C(C)N(CC(=O)OCC)C(C)C. The van der Waals surface area contributed by atoms with Crippen LogP contribution in [0.2, 0.25) is 0 Å². The van der Waals surface area contributed by atoms with Crippen molar-refractivity contribution in [2.45, 2.75) is 59.5 Å². The molecule has 0 aliphatic heterocycles. The lowest BCUT2D eigenvalue weighted by Gasteiger charge is -2.30. The Morgan fingerprint density at radius 3 is 2.32 bits per heavy atom. The fraction of sp³-hybridized carbons (Fsp3) is 0.857. The van der Waals surface area contributed by atoms with Gasteiger partial charge in [0.25, 0.3) is 0 Å². The van der Waals surface area contributed by atoms with Crippen LogP contribution < -0.4 is 5.32 Å². The first-order valence-corrected chi connectivity index (χ1v) is 7.13. The van der Waals surface area contributed by atoms with Gasteiger partial charge in [-0.3, -0.25) is 14.5 Å². The van der Waals surface area contributed by atoms with E-state index < -0.39 is 0 Å². The van der Waals surface area contributed by atoms with Gasteiger partial charge in [0.2, 0.25) is 5.91 Å². The minimum absolute atomic E-state index is 0.0357. The Balaban J connectivity index is 4.43. The standard InChI is InChI=1S/C14H28N2O3/c1-6-8-9-15-14(18)12(5)16(11(3)4)10-13(17)19-7-2/h11-12H,6-10H2,1-5H3,(H,15,18). The molecule has 1 N–H and O–H groups in total. The molecule has 0 spiro atoms. The molecule has 0 aromatic heterocycles. The van der Waals surface area contributed by atoms with Crippen molar-refractivity contribution >= 4 is 11.9 Å². The van der Waals surface area contributed by atoms with Gasteiger partial charge >= 0.3 is 5.97 Å². The van der Waals surface area contributed by atoms with E-state index in [1.165, 1.54) is 0 Å². The molecule has 0 heterocycles. The molecular formula is C14H28N2O3. The lowest BCUT2D eigenvalue weighted by molar-refractivity contribution is -0.146. The second kappa shape index (κ2) is 9.78. The first-order chi connectivity index (χ1) is 8.93. The topological polar surface area (TPSA) is 58.6 Å². The van der Waals surface area contributed by atoms with Crippen molar-refractivity contribution in [1.29, 1.82) is 0 Å². The lowest BCUT2D eigenvalue weighted by atomic mass is 10.2. The Kier molecular flexibility index (Phi) is 9.21. The second-order valence-electron chi connectivity index (χ2n) is 4.89. The van der Waals surface area contributed by atoms with Crippen molar-refractivity contribution in [2.75, 3.05) is 19.7 Å². The molecule has 0 aromatic rings. The van der Waals surface area contributed by atoms with Gasteiger partial charge in [0.1, 0.15) is 0 Å². The molecule has 0 saturated heterocycles. The third-order valence-electron chi connectivity index (χ3n) is 2.99. The molecule has 0 fully saturated rings. The fourth-order valence-electron chi connectivity index (χ4n) is 1.81. The third-order valence-corrected chi connectivity index (χ3v) is 2.99. The van der Waals surface area contributed by atoms with Gasteiger partial charge in [0, 0.05) is 12.6 Å². The maximum Gasteiger partial charge on any atom is 0.320 e. The zero-order valence-electron chi connectivity index (χ0n) is 12.9. The van der Waals surface area contributed by atoms with Crippen molar-refractivity contribution in [3.05, 3.63) is 0 Å². The van der Waals surface area contributed by atoms with Crippen LogP contribution in [0.1, 0.15) is 47.5 Å². The molecule has 0 rings (SSSR count). The van der Waals surface area contributed by atoms with Crippen LogP contribution in [-0.4, -0.2) is 48.6 Å². The number of rotatable bonds is 9. The number of carbonyl (C=O) groups excluding carboxylic acids is 2. The van der Waals surface area contributed by atoms with Crippen molar-refractivity contribution < 1.29 is 14.3 Å². The molecule has 112 valence electrons. The largest absolute Gasteiger partial charge is 0.465 e. The molecule has 1 unspecified atom stereocenters. The Morgan fingerprint density at radius 2 is 1.84 bits per heavy atom. The van der Waals surface area contributed by atoms with Crippen molar-refractivity contribution in [3.63, 3.8) is 0 Å². The maximum atomic E-state index is 12.0. The van der Waals surface area contributed by atoms with Crippen LogP contribution in [0.5, 0.6) is 0 Å². The van der Waals surface area contributed by atoms with Gasteiger partial charge < -0.3 is 10.1 Å². The number of nitrogens with zero attached hydrogens (tertiary/aromatic N) is 1. The Hall–Kier alpha value is -1.10. The molecule has 0 bridgehead atoms. The van der Waals surface area contributed by atoms with Crippen LogP contribution in [0.3, 0.4) is 0 Å². The molecule has 1 atom stereocenters. The number of ether oxygens (including phenoxy) is 1. The van der Waals surface area contributed by atoms with E-state index >= 15 is 0 Å². The summed E-state index contributed by atoms with van der Waals surface area (Å²) in [5.74, 6) is -0.323. The highest BCUT2D eigenvalue weighted by Gasteiger charge is 2.25. The third kappa shape index (κ3) is 7.15. The van der Waals surface area contributed by atoms with Crippen LogP contribution in [0, 0.1) is 0 Å². The van der Waals surface area contributed by atoms with E-state index in [-0.39, 0.29) is 30.5 Å². The number of amides is 1. The van der Waals surface area contributed by atoms with Gasteiger partial charge in [0.05, 0.1) is 19.2 Å². The number of esters is 1. The first kappa shape index (κ1) is 17.9. The smallest absolute Gasteiger partial charge is 0.320 e. The molecule has 0 saturated carbocycles. The summed E-state index contributed by atoms with van der Waals surface area (Å²) in [5, 5.41) is 2.89. The van der Waals surface area contributed by atoms with Crippen LogP contribution in [-0.2, 0) is 14.3 Å². The summed E-state index contributed by atoms with van der Waals surface area (Å²) in [7, 11) is 0. The molecule has 0 aliphatic carbocycles. The number of hydrogen-bond acceptors (Lipinski definition) is 4. The van der Waals surface area contributed by atoms with Gasteiger partial charge in [-0.15, -0.1) is 0 Å². The van der Waals surface area contributed by atoms with Crippen LogP contribution in [0.25, 0.3) is 0 Å². The molecule has 0 aromatic carbocycles. The monoisotopic (exact) mass is 272 g/mol. The average Bonchev–Trinajstić information content (AvgIpc) is 2.35. The summed E-state index contributed by atoms with van der Waals surface area (Å²) in [6.45, 7) is 10.8. The number of carbonyl (C=O) groups is 2. The number of unbranched alkanes of at least 4 members (excludes halogenated alkanes) is 1. The summed E-state index contributed by atoms with van der Waals surface area (Å²) in [6, 6.07) is -0.224. The summed E-state index contributed by atoms with van der Waals surface area (Å²) in [6.07, 6.45) is 2.02. The fourth-order valence-corrected chi connectivity index (χ4v) is 1.81. The quantitative estimate of drug-likeness (QED) is 0.511. The maximum absolute atomic E-state index is 12.0. The average molecular weight is 272 g/mol. The summed E-state index contributed by atoms with van der Waals surface area (Å²) in [5.41, 5.74) is 0. The van der Waals surface area contributed by atoms with Crippen LogP contribution >= 0.6 is 0 Å². The summed E-state index contributed by atoms with van der Waals surface area (Å²) >= 11 is 0. The zero-order valence-corrected chi connectivity index (χ0v) is 12.9. The van der Waals surface area contributed by atoms with Gasteiger partial charge in [-0.2, -0.15) is 0 Å². The molecular weight excluding hydrogens is 244 g/mol. The van der Waals surface area contributed by atoms with E-state index in [1.807, 2.05) is 25.7 Å². The number of nitrogens with one attached hydrogen (secondary N) is 1. The van der Waals surface area contributed by atoms with Crippen molar-refractivity contribution in [1.82, 2.24) is 10.2 Å². The van der Waals surface area contributed by atoms with Crippen molar-refractivity contribution in [3.8, 4) is 0 Å². The predicted octanol–water partition coefficient (Wildman–Crippen LogP) is 1.56. The highest BCUT2D eigenvalue weighted by atomic mass is 16.5. The van der Waals surface area contributed by atoms with E-state index in [0.717, 1.165) is 12.8 Å². The Morgan fingerprint density at radius 1 is 1.21 bits per heavy atom. The molecule has 19 heavy (non-hydrogen) atoms. The van der Waals surface area contributed by atoms with Gasteiger partial charge in [0.15, 0.2) is 0 Å². The first-order valence-electron chi connectivity index (χ1n) is 7.13. The molecule has 0 aliphatic rings. The summed E-state index contributed by atoms with van der Waals surface area (Å²) < 4.78 is 4.94. The zero-order chi connectivity index (χ0) is 14.8. The van der Waals surface area contributed by atoms with Gasteiger partial charge in [-0.25, -0.2) is 0 Å². The molecule has 0 radical (unpaired) electrons. The lowest BCUT2D eigenvalue weighted by Crippen LogP contribution is -2.50. The normalized spacial score (nSPS) is 12.6. The molecule has 5 nitrogen and oxygen atoms in total. The molecule has 1 amide bonds. The minimum atomic E-state index is -0.332. The summed E-state index contributed by atoms with van der Waals surface area (Å²) in [4.78, 5) is 25.4. The van der Waals surface area contributed by atoms with E-state index in [2.05, 4.69) is 12.2 Å². The molecule has 5 heteroatoms. The van der Waals surface area contributed by atoms with E-state index in [1.54, 1.807) is 6.92 Å². The van der Waals surface area contributed by atoms with Gasteiger partial charge in [-0.05, 0) is 34.1 Å². The van der Waals surface area contributed by atoms with Gasteiger partial charge in [-0.1, -0.05) is 13.3 Å². The van der Waals surface area contributed by atoms with Crippen molar-refractivity contribution in [2.24, 2.45) is 0 Å².